The molecule has 11 heteroatoms. The summed E-state index contributed by atoms with van der Waals surface area (Å²) < 4.78 is 49.5. The minimum atomic E-state index is -4.41. The number of alkyl halides is 3. The number of carbonyl (C=O) groups is 1. The van der Waals surface area contributed by atoms with Gasteiger partial charge in [-0.25, -0.2) is 9.97 Å². The molecule has 0 radical (unpaired) electrons. The monoisotopic (exact) mass is 496 g/mol. The van der Waals surface area contributed by atoms with Crippen molar-refractivity contribution >= 4 is 27.5 Å². The van der Waals surface area contributed by atoms with Crippen molar-refractivity contribution in [3.05, 3.63) is 16.8 Å². The predicted octanol–water partition coefficient (Wildman–Crippen LogP) is 3.28. The first-order valence-electron chi connectivity index (χ1n) is 12.0. The first-order chi connectivity index (χ1) is 16.4. The Morgan fingerprint density at radius 1 is 1.21 bits per heavy atom. The number of rotatable bonds is 5. The van der Waals surface area contributed by atoms with Gasteiger partial charge in [-0.05, 0) is 43.6 Å². The van der Waals surface area contributed by atoms with Gasteiger partial charge in [-0.15, -0.1) is 11.3 Å². The van der Waals surface area contributed by atoms with Gasteiger partial charge in [-0.3, -0.25) is 9.69 Å². The first-order valence-corrected chi connectivity index (χ1v) is 12.8. The average Bonchev–Trinajstić information content (AvgIpc) is 3.20. The Kier molecular flexibility index (Phi) is 5.69. The Morgan fingerprint density at radius 2 is 1.97 bits per heavy atom. The van der Waals surface area contributed by atoms with Gasteiger partial charge in [0.05, 0.1) is 18.6 Å². The molecule has 0 unspecified atom stereocenters. The number of halogens is 3. The summed E-state index contributed by atoms with van der Waals surface area (Å²) in [7, 11) is 0. The lowest BCUT2D eigenvalue weighted by molar-refractivity contribution is -0.139. The van der Waals surface area contributed by atoms with Crippen LogP contribution < -0.4 is 10.1 Å². The third-order valence-corrected chi connectivity index (χ3v) is 8.88. The van der Waals surface area contributed by atoms with Crippen LogP contribution in [0.25, 0.3) is 10.2 Å². The Hall–Kier alpha value is -1.98. The van der Waals surface area contributed by atoms with E-state index in [4.69, 9.17) is 9.47 Å². The summed E-state index contributed by atoms with van der Waals surface area (Å²) in [5, 5.41) is 2.92. The third-order valence-electron chi connectivity index (χ3n) is 7.74. The smallest absolute Gasteiger partial charge is 0.405 e. The molecule has 7 nitrogen and oxygen atoms in total. The first kappa shape index (κ1) is 22.5. The Labute approximate surface area is 199 Å². The van der Waals surface area contributed by atoms with E-state index in [-0.39, 0.29) is 17.9 Å². The van der Waals surface area contributed by atoms with Crippen LogP contribution in [-0.4, -0.2) is 71.9 Å². The summed E-state index contributed by atoms with van der Waals surface area (Å²) in [6.07, 6.45) is 1.95. The van der Waals surface area contributed by atoms with Crippen molar-refractivity contribution in [3.63, 3.8) is 0 Å². The second-order valence-corrected chi connectivity index (χ2v) is 10.8. The molecule has 4 aliphatic rings. The molecule has 2 aromatic heterocycles. The number of fused-ring (bicyclic) bond motifs is 5. The standard InChI is InChI=1S/C23H27F3N4O3S/c24-23(25,26)10-27-20(31)17-14-9-15-18(16(14)17)19-21(28-11-29-22(19)34-15)33-13-3-1-12(2-4-13)30-5-7-32-8-6-30/h11-14,16-17H,1-10H2,(H,27,31)/t12?,13?,14-,16+,17+/m0/s1. The molecule has 0 bridgehead atoms. The van der Waals surface area contributed by atoms with E-state index < -0.39 is 24.5 Å². The molecule has 6 rings (SSSR count). The van der Waals surface area contributed by atoms with Crippen molar-refractivity contribution in [1.29, 1.82) is 0 Å². The van der Waals surface area contributed by atoms with E-state index >= 15 is 0 Å². The van der Waals surface area contributed by atoms with Crippen LogP contribution >= 0.6 is 11.3 Å². The highest BCUT2D eigenvalue weighted by Gasteiger charge is 2.61. The van der Waals surface area contributed by atoms with Crippen molar-refractivity contribution in [2.24, 2.45) is 11.8 Å². The number of hydrogen-bond donors (Lipinski definition) is 1. The number of thiophene rings is 1. The third kappa shape index (κ3) is 4.15. The number of nitrogens with one attached hydrogen (secondary N) is 1. The molecule has 2 aromatic rings. The molecule has 3 fully saturated rings. The van der Waals surface area contributed by atoms with Gasteiger partial charge in [0, 0.05) is 35.8 Å². The molecule has 3 aliphatic carbocycles. The number of aromatic nitrogens is 2. The average molecular weight is 497 g/mol. The quantitative estimate of drug-likeness (QED) is 0.685. The predicted molar refractivity (Wildman–Crippen MR) is 119 cm³/mol. The second kappa shape index (κ2) is 8.60. The fourth-order valence-electron chi connectivity index (χ4n) is 6.09. The van der Waals surface area contributed by atoms with E-state index in [1.807, 2.05) is 0 Å². The Morgan fingerprint density at radius 3 is 2.71 bits per heavy atom. The highest BCUT2D eigenvalue weighted by Crippen LogP contribution is 2.65. The summed E-state index contributed by atoms with van der Waals surface area (Å²) >= 11 is 1.59. The normalized spacial score (nSPS) is 31.2. The lowest BCUT2D eigenvalue weighted by Crippen LogP contribution is -2.46. The topological polar surface area (TPSA) is 76.6 Å². The molecule has 0 aromatic carbocycles. The molecule has 3 atom stereocenters. The molecule has 3 heterocycles. The minimum absolute atomic E-state index is 0.0656. The SMILES string of the molecule is O=C(NCC(F)(F)F)[C@@H]1[C@H]2Cc3sc4ncnc(OC5CCC(N6CCOCC6)CC5)c4c3[C@H]21. The Balaban J connectivity index is 1.15. The molecular weight excluding hydrogens is 469 g/mol. The van der Waals surface area contributed by atoms with Crippen molar-refractivity contribution in [2.45, 2.75) is 56.3 Å². The summed E-state index contributed by atoms with van der Waals surface area (Å²) in [4.78, 5) is 25.8. The number of amides is 1. The van der Waals surface area contributed by atoms with Gasteiger partial charge in [-0.2, -0.15) is 13.2 Å². The van der Waals surface area contributed by atoms with Gasteiger partial charge in [0.1, 0.15) is 23.8 Å². The summed E-state index contributed by atoms with van der Waals surface area (Å²) in [6.45, 7) is 2.30. The Bertz CT molecular complexity index is 1080. The van der Waals surface area contributed by atoms with Crippen molar-refractivity contribution in [3.8, 4) is 5.88 Å². The number of ether oxygens (including phenoxy) is 2. The number of hydrogen-bond acceptors (Lipinski definition) is 7. The minimum Gasteiger partial charge on any atom is -0.474 e. The maximum Gasteiger partial charge on any atom is 0.405 e. The van der Waals surface area contributed by atoms with E-state index in [0.29, 0.717) is 18.3 Å². The van der Waals surface area contributed by atoms with Crippen LogP contribution in [-0.2, 0) is 16.0 Å². The van der Waals surface area contributed by atoms with E-state index in [1.54, 1.807) is 11.3 Å². The second-order valence-electron chi connectivity index (χ2n) is 9.75. The zero-order chi connectivity index (χ0) is 23.4. The summed E-state index contributed by atoms with van der Waals surface area (Å²) in [6, 6.07) is 0.572. The zero-order valence-electron chi connectivity index (χ0n) is 18.6. The van der Waals surface area contributed by atoms with Crippen LogP contribution in [0.3, 0.4) is 0 Å². The van der Waals surface area contributed by atoms with E-state index in [2.05, 4.69) is 20.2 Å². The summed E-state index contributed by atoms with van der Waals surface area (Å²) in [5.41, 5.74) is 1.02. The van der Waals surface area contributed by atoms with Gasteiger partial charge in [-0.1, -0.05) is 0 Å². The lowest BCUT2D eigenvalue weighted by Gasteiger charge is -2.38. The summed E-state index contributed by atoms with van der Waals surface area (Å²) in [5.74, 6) is -0.375. The van der Waals surface area contributed by atoms with Crippen LogP contribution in [0.1, 0.15) is 42.0 Å². The molecule has 1 N–H and O–H groups in total. The van der Waals surface area contributed by atoms with Crippen molar-refractivity contribution in [1.82, 2.24) is 20.2 Å². The number of morpholine rings is 1. The molecule has 34 heavy (non-hydrogen) atoms. The highest BCUT2D eigenvalue weighted by molar-refractivity contribution is 7.19. The molecule has 2 saturated carbocycles. The van der Waals surface area contributed by atoms with Crippen molar-refractivity contribution in [2.75, 3.05) is 32.8 Å². The van der Waals surface area contributed by atoms with Gasteiger partial charge < -0.3 is 14.8 Å². The molecule has 1 saturated heterocycles. The van der Waals surface area contributed by atoms with Crippen LogP contribution in [0.15, 0.2) is 6.33 Å². The fraction of sp³-hybridized carbons (Fsp3) is 0.696. The van der Waals surface area contributed by atoms with Gasteiger partial charge in [0.15, 0.2) is 0 Å². The van der Waals surface area contributed by atoms with E-state index in [0.717, 1.165) is 72.6 Å². The highest BCUT2D eigenvalue weighted by atomic mass is 32.1. The van der Waals surface area contributed by atoms with Crippen LogP contribution in [0.5, 0.6) is 5.88 Å². The van der Waals surface area contributed by atoms with Crippen LogP contribution in [0.2, 0.25) is 0 Å². The molecular formula is C23H27F3N4O3S. The largest absolute Gasteiger partial charge is 0.474 e. The van der Waals surface area contributed by atoms with Gasteiger partial charge in [0.25, 0.3) is 0 Å². The van der Waals surface area contributed by atoms with Crippen LogP contribution in [0.4, 0.5) is 13.2 Å². The van der Waals surface area contributed by atoms with Gasteiger partial charge >= 0.3 is 6.18 Å². The lowest BCUT2D eigenvalue weighted by atomic mass is 9.91. The number of carbonyl (C=O) groups excluding carboxylic acids is 1. The fourth-order valence-corrected chi connectivity index (χ4v) is 7.35. The maximum absolute atomic E-state index is 12.5. The van der Waals surface area contributed by atoms with Gasteiger partial charge in [0.2, 0.25) is 11.8 Å². The maximum atomic E-state index is 12.5. The van der Waals surface area contributed by atoms with E-state index in [9.17, 15) is 18.0 Å². The van der Waals surface area contributed by atoms with E-state index in [1.165, 1.54) is 6.33 Å². The molecule has 1 amide bonds. The molecule has 1 aliphatic heterocycles. The van der Waals surface area contributed by atoms with Crippen molar-refractivity contribution < 1.29 is 27.4 Å². The zero-order valence-corrected chi connectivity index (χ0v) is 19.5. The number of nitrogens with zero attached hydrogens (tertiary/aromatic N) is 3. The molecule has 0 spiro atoms. The molecule has 184 valence electrons. The van der Waals surface area contributed by atoms with Crippen LogP contribution in [0, 0.1) is 11.8 Å².